The summed E-state index contributed by atoms with van der Waals surface area (Å²) >= 11 is 3.45. The largest absolute Gasteiger partial charge is 0.488 e. The minimum Gasteiger partial charge on any atom is -0.488 e. The van der Waals surface area contributed by atoms with E-state index in [2.05, 4.69) is 40.1 Å². The van der Waals surface area contributed by atoms with Crippen LogP contribution in [0.3, 0.4) is 0 Å². The van der Waals surface area contributed by atoms with E-state index in [1.165, 1.54) is 0 Å². The maximum atomic E-state index is 5.80. The first-order valence-electron chi connectivity index (χ1n) is 6.50. The van der Waals surface area contributed by atoms with Crippen LogP contribution in [-0.4, -0.2) is 24.7 Å². The van der Waals surface area contributed by atoms with Crippen molar-refractivity contribution in [3.8, 4) is 5.75 Å². The van der Waals surface area contributed by atoms with E-state index in [1.807, 2.05) is 31.2 Å². The molecular weight excluding hydrogens is 433 g/mol. The van der Waals surface area contributed by atoms with E-state index in [9.17, 15) is 0 Å². The lowest BCUT2D eigenvalue weighted by Gasteiger charge is -2.15. The third kappa shape index (κ3) is 7.33. The fourth-order valence-corrected chi connectivity index (χ4v) is 1.80. The Morgan fingerprint density at radius 2 is 2.05 bits per heavy atom. The second kappa shape index (κ2) is 10.3. The highest BCUT2D eigenvalue weighted by Crippen LogP contribution is 2.24. The molecule has 1 rings (SSSR count). The van der Waals surface area contributed by atoms with Crippen LogP contribution in [0.25, 0.3) is 0 Å². The number of nitrogens with zero attached hydrogens (tertiary/aromatic N) is 1. The average molecular weight is 456 g/mol. The third-order valence-electron chi connectivity index (χ3n) is 2.69. The van der Waals surface area contributed by atoms with Crippen LogP contribution in [-0.2, 0) is 0 Å². The summed E-state index contributed by atoms with van der Waals surface area (Å²) in [6.45, 7) is 6.67. The second-order valence-electron chi connectivity index (χ2n) is 4.54. The van der Waals surface area contributed by atoms with Gasteiger partial charge >= 0.3 is 0 Å². The standard InChI is InChI=1S/C14H22BrN3O.HI/c1-4-10(2)18-14(16)17-9-11(3)19-13-8-6-5-7-12(13)15;/h5-8,10-11H,4,9H2,1-3H3,(H3,16,17,18);1H. The summed E-state index contributed by atoms with van der Waals surface area (Å²) in [5.41, 5.74) is 5.80. The molecule has 4 nitrogen and oxygen atoms in total. The van der Waals surface area contributed by atoms with Crippen molar-refractivity contribution in [2.24, 2.45) is 10.7 Å². The zero-order chi connectivity index (χ0) is 14.3. The summed E-state index contributed by atoms with van der Waals surface area (Å²) in [6, 6.07) is 8.10. The number of rotatable bonds is 6. The van der Waals surface area contributed by atoms with Gasteiger partial charge in [-0.1, -0.05) is 19.1 Å². The fourth-order valence-electron chi connectivity index (χ4n) is 1.42. The first-order chi connectivity index (χ1) is 9.02. The van der Waals surface area contributed by atoms with Crippen LogP contribution in [0.15, 0.2) is 33.7 Å². The molecule has 2 atom stereocenters. The van der Waals surface area contributed by atoms with E-state index < -0.39 is 0 Å². The van der Waals surface area contributed by atoms with Crippen LogP contribution in [0.2, 0.25) is 0 Å². The van der Waals surface area contributed by atoms with Gasteiger partial charge in [-0.25, -0.2) is 4.99 Å². The average Bonchev–Trinajstić information content (AvgIpc) is 2.39. The van der Waals surface area contributed by atoms with Crippen LogP contribution in [0.1, 0.15) is 27.2 Å². The fraction of sp³-hybridized carbons (Fsp3) is 0.500. The Morgan fingerprint density at radius 1 is 1.40 bits per heavy atom. The third-order valence-corrected chi connectivity index (χ3v) is 3.35. The normalized spacial score (nSPS) is 14.1. The minimum absolute atomic E-state index is 0. The van der Waals surface area contributed by atoms with Crippen molar-refractivity contribution in [1.29, 1.82) is 0 Å². The van der Waals surface area contributed by atoms with Crippen molar-refractivity contribution < 1.29 is 4.74 Å². The number of nitrogens with one attached hydrogen (secondary N) is 1. The van der Waals surface area contributed by atoms with E-state index in [0.29, 0.717) is 18.5 Å². The minimum atomic E-state index is -0.0315. The maximum Gasteiger partial charge on any atom is 0.188 e. The van der Waals surface area contributed by atoms with Crippen LogP contribution in [0, 0.1) is 0 Å². The Hall–Kier alpha value is -0.500. The van der Waals surface area contributed by atoms with Crippen LogP contribution in [0.5, 0.6) is 5.75 Å². The molecule has 0 aromatic heterocycles. The van der Waals surface area contributed by atoms with Gasteiger partial charge in [-0.3, -0.25) is 0 Å². The highest BCUT2D eigenvalue weighted by atomic mass is 127. The topological polar surface area (TPSA) is 59.6 Å². The molecule has 1 aromatic carbocycles. The number of guanidine groups is 1. The summed E-state index contributed by atoms with van der Waals surface area (Å²) < 4.78 is 6.73. The summed E-state index contributed by atoms with van der Waals surface area (Å²) in [4.78, 5) is 4.28. The molecule has 0 amide bonds. The number of benzene rings is 1. The van der Waals surface area contributed by atoms with Crippen molar-refractivity contribution in [3.05, 3.63) is 28.7 Å². The van der Waals surface area contributed by atoms with Crippen molar-refractivity contribution >= 4 is 45.9 Å². The maximum absolute atomic E-state index is 5.80. The Morgan fingerprint density at radius 3 is 2.65 bits per heavy atom. The molecule has 0 aliphatic rings. The summed E-state index contributed by atoms with van der Waals surface area (Å²) in [5, 5.41) is 3.12. The van der Waals surface area contributed by atoms with Gasteiger partial charge in [0.1, 0.15) is 11.9 Å². The summed E-state index contributed by atoms with van der Waals surface area (Å²) in [5.74, 6) is 1.29. The van der Waals surface area contributed by atoms with Crippen molar-refractivity contribution in [1.82, 2.24) is 5.32 Å². The van der Waals surface area contributed by atoms with E-state index in [-0.39, 0.29) is 30.1 Å². The SMILES string of the molecule is CCC(C)NC(N)=NCC(C)Oc1ccccc1Br.I. The Kier molecular flexibility index (Phi) is 10.0. The van der Waals surface area contributed by atoms with E-state index in [1.54, 1.807) is 0 Å². The predicted octanol–water partition coefficient (Wildman–Crippen LogP) is 3.54. The monoisotopic (exact) mass is 455 g/mol. The number of aliphatic imine (C=N–C) groups is 1. The molecule has 6 heteroatoms. The molecule has 0 bridgehead atoms. The van der Waals surface area contributed by atoms with E-state index in [0.717, 1.165) is 16.6 Å². The van der Waals surface area contributed by atoms with Gasteiger partial charge in [0.25, 0.3) is 0 Å². The first-order valence-corrected chi connectivity index (χ1v) is 7.29. The highest BCUT2D eigenvalue weighted by molar-refractivity contribution is 14.0. The molecule has 0 spiro atoms. The molecule has 3 N–H and O–H groups in total. The lowest BCUT2D eigenvalue weighted by Crippen LogP contribution is -2.38. The number of nitrogens with two attached hydrogens (primary N) is 1. The molecule has 0 aliphatic heterocycles. The zero-order valence-corrected chi connectivity index (χ0v) is 16.0. The van der Waals surface area contributed by atoms with Gasteiger partial charge in [-0.15, -0.1) is 24.0 Å². The van der Waals surface area contributed by atoms with Gasteiger partial charge in [-0.2, -0.15) is 0 Å². The van der Waals surface area contributed by atoms with Gasteiger partial charge in [0.15, 0.2) is 5.96 Å². The van der Waals surface area contributed by atoms with Crippen LogP contribution in [0.4, 0.5) is 0 Å². The predicted molar refractivity (Wildman–Crippen MR) is 99.0 cm³/mol. The molecule has 0 aliphatic carbocycles. The van der Waals surface area contributed by atoms with Gasteiger partial charge in [0.05, 0.1) is 11.0 Å². The number of hydrogen-bond acceptors (Lipinski definition) is 2. The summed E-state index contributed by atoms with van der Waals surface area (Å²) in [6.07, 6.45) is 0.982. The second-order valence-corrected chi connectivity index (χ2v) is 5.39. The highest BCUT2D eigenvalue weighted by Gasteiger charge is 2.06. The molecule has 0 saturated carbocycles. The number of halogens is 2. The molecule has 20 heavy (non-hydrogen) atoms. The number of hydrogen-bond donors (Lipinski definition) is 2. The lowest BCUT2D eigenvalue weighted by molar-refractivity contribution is 0.229. The van der Waals surface area contributed by atoms with Gasteiger partial charge in [0.2, 0.25) is 0 Å². The molecule has 2 unspecified atom stereocenters. The molecule has 0 radical (unpaired) electrons. The van der Waals surface area contributed by atoms with Crippen LogP contribution < -0.4 is 15.8 Å². The summed E-state index contributed by atoms with van der Waals surface area (Å²) in [7, 11) is 0. The molecule has 114 valence electrons. The zero-order valence-electron chi connectivity index (χ0n) is 12.1. The van der Waals surface area contributed by atoms with Gasteiger partial charge < -0.3 is 15.8 Å². The van der Waals surface area contributed by atoms with Crippen molar-refractivity contribution in [3.63, 3.8) is 0 Å². The molecule has 0 fully saturated rings. The smallest absolute Gasteiger partial charge is 0.188 e. The first kappa shape index (κ1) is 19.5. The van der Waals surface area contributed by atoms with Gasteiger partial charge in [0, 0.05) is 6.04 Å². The molecule has 1 aromatic rings. The quantitative estimate of drug-likeness (QED) is 0.392. The molecular formula is C14H23BrIN3O. The number of ether oxygens (including phenoxy) is 1. The van der Waals surface area contributed by atoms with E-state index in [4.69, 9.17) is 10.5 Å². The number of para-hydroxylation sites is 1. The molecule has 0 saturated heterocycles. The Balaban J connectivity index is 0.00000361. The van der Waals surface area contributed by atoms with Crippen LogP contribution >= 0.6 is 39.9 Å². The lowest BCUT2D eigenvalue weighted by atomic mass is 10.3. The Labute approximate surface area is 146 Å². The van der Waals surface area contributed by atoms with Crippen molar-refractivity contribution in [2.75, 3.05) is 6.54 Å². The van der Waals surface area contributed by atoms with Gasteiger partial charge in [-0.05, 0) is 48.3 Å². The van der Waals surface area contributed by atoms with Crippen molar-refractivity contribution in [2.45, 2.75) is 39.3 Å². The van der Waals surface area contributed by atoms with E-state index >= 15 is 0 Å². The molecule has 0 heterocycles. The Bertz CT molecular complexity index is 429.